The molecule has 6 nitrogen and oxygen atoms in total. The molecule has 0 aromatic carbocycles. The number of aliphatic hydroxyl groups is 2. The van der Waals surface area contributed by atoms with E-state index in [2.05, 4.69) is 27.7 Å². The fourth-order valence-corrected chi connectivity index (χ4v) is 9.88. The third-order valence-electron chi connectivity index (χ3n) is 12.5. The smallest absolute Gasteiger partial charge is 0.331 e. The normalized spacial score (nSPS) is 50.8. The average molecular weight is 529 g/mol. The molecule has 4 saturated carbocycles. The van der Waals surface area contributed by atoms with Crippen molar-refractivity contribution < 1.29 is 29.3 Å². The van der Waals surface area contributed by atoms with Crippen LogP contribution in [-0.4, -0.2) is 44.6 Å². The second-order valence-electron chi connectivity index (χ2n) is 15.3. The van der Waals surface area contributed by atoms with E-state index >= 15 is 0 Å². The van der Waals surface area contributed by atoms with Crippen LogP contribution in [0, 0.1) is 21.7 Å². The van der Waals surface area contributed by atoms with E-state index in [0.717, 1.165) is 25.7 Å². The number of fused-ring (bicyclic) bond motifs is 6. The van der Waals surface area contributed by atoms with Gasteiger partial charge < -0.3 is 19.7 Å². The molecule has 0 unspecified atom stereocenters. The van der Waals surface area contributed by atoms with Gasteiger partial charge >= 0.3 is 11.9 Å². The molecule has 0 aromatic heterocycles. The number of hydrogen-bond acceptors (Lipinski definition) is 6. The summed E-state index contributed by atoms with van der Waals surface area (Å²) in [6, 6.07) is 0. The minimum absolute atomic E-state index is 0.347. The maximum atomic E-state index is 13.8. The van der Waals surface area contributed by atoms with E-state index < -0.39 is 45.2 Å². The van der Waals surface area contributed by atoms with Crippen LogP contribution in [0.15, 0.2) is 23.3 Å². The molecule has 1 aliphatic heterocycles. The van der Waals surface area contributed by atoms with Crippen LogP contribution in [0.1, 0.15) is 120 Å². The standard InChI is InChI=1S/C32H48O6/c1-25(2)11-9-13-27(5)21-19-23(33)38-30(8)16-18-32(36)26(3,4)12-10-14-28(32,6)22(30)20-24(34)37-29(21,7)15-17-31(25,27)35/h19-20,35-36H,9-18H2,1-8H3/b21-19-,22-20+/t27-,28-,29-,30-,31-,32-/m1/s1. The zero-order valence-corrected chi connectivity index (χ0v) is 24.8. The van der Waals surface area contributed by atoms with Crippen LogP contribution in [0.4, 0.5) is 0 Å². The minimum Gasteiger partial charge on any atom is -0.452 e. The van der Waals surface area contributed by atoms with Crippen LogP contribution in [0.3, 0.4) is 0 Å². The van der Waals surface area contributed by atoms with Crippen molar-refractivity contribution in [2.24, 2.45) is 21.7 Å². The van der Waals surface area contributed by atoms with Gasteiger partial charge in [0, 0.05) is 23.0 Å². The molecule has 0 aromatic rings. The van der Waals surface area contributed by atoms with Crippen molar-refractivity contribution in [3.05, 3.63) is 23.3 Å². The number of carbonyl (C=O) groups excluding carboxylic acids is 2. The summed E-state index contributed by atoms with van der Waals surface area (Å²) in [6.07, 6.45) is 9.89. The average Bonchev–Trinajstić information content (AvgIpc) is 2.78. The van der Waals surface area contributed by atoms with Crippen LogP contribution in [0.25, 0.3) is 0 Å². The Hall–Kier alpha value is -1.66. The summed E-state index contributed by atoms with van der Waals surface area (Å²) in [4.78, 5) is 27.6. The highest BCUT2D eigenvalue weighted by atomic mass is 16.6. The molecule has 4 fully saturated rings. The highest BCUT2D eigenvalue weighted by Crippen LogP contribution is 2.67. The van der Waals surface area contributed by atoms with Gasteiger partial charge in [-0.15, -0.1) is 0 Å². The predicted molar refractivity (Wildman–Crippen MR) is 145 cm³/mol. The van der Waals surface area contributed by atoms with E-state index in [1.807, 2.05) is 27.7 Å². The number of ether oxygens (including phenoxy) is 2. The van der Waals surface area contributed by atoms with Crippen LogP contribution >= 0.6 is 0 Å². The first-order valence-electron chi connectivity index (χ1n) is 14.7. The first kappa shape index (κ1) is 27.9. The van der Waals surface area contributed by atoms with Crippen molar-refractivity contribution in [2.45, 2.75) is 142 Å². The van der Waals surface area contributed by atoms with Crippen molar-refractivity contribution in [1.82, 2.24) is 0 Å². The van der Waals surface area contributed by atoms with E-state index in [1.54, 1.807) is 0 Å². The van der Waals surface area contributed by atoms with Gasteiger partial charge in [0.25, 0.3) is 0 Å². The van der Waals surface area contributed by atoms with Gasteiger partial charge in [-0.05, 0) is 87.2 Å². The van der Waals surface area contributed by atoms with Gasteiger partial charge in [0.2, 0.25) is 0 Å². The van der Waals surface area contributed by atoms with Crippen LogP contribution < -0.4 is 0 Å². The van der Waals surface area contributed by atoms with Crippen LogP contribution in [0.5, 0.6) is 0 Å². The van der Waals surface area contributed by atoms with E-state index in [0.29, 0.717) is 49.7 Å². The molecule has 0 bridgehead atoms. The molecule has 5 rings (SSSR count). The number of carbonyl (C=O) groups is 2. The SMILES string of the molecule is CC1(C)CCC[C@]2(C)/C3=C/C(=O)O[C@]4(C)CC[C@@]5(O)C(C)(C)CCC[C@]5(C)/C4=C\C(=O)O[C@]3(C)CC[C@@]12O. The fourth-order valence-electron chi connectivity index (χ4n) is 9.88. The maximum absolute atomic E-state index is 13.8. The third kappa shape index (κ3) is 3.38. The lowest BCUT2D eigenvalue weighted by atomic mass is 9.44. The summed E-state index contributed by atoms with van der Waals surface area (Å²) in [5, 5.41) is 24.4. The Labute approximate surface area is 228 Å². The Morgan fingerprint density at radius 1 is 0.553 bits per heavy atom. The molecule has 6 heteroatoms. The molecule has 0 radical (unpaired) electrons. The van der Waals surface area contributed by atoms with Gasteiger partial charge in [0.15, 0.2) is 0 Å². The highest BCUT2D eigenvalue weighted by Gasteiger charge is 2.68. The lowest BCUT2D eigenvalue weighted by molar-refractivity contribution is -0.216. The first-order chi connectivity index (χ1) is 17.3. The summed E-state index contributed by atoms with van der Waals surface area (Å²) in [5.74, 6) is -0.953. The molecule has 38 heavy (non-hydrogen) atoms. The zero-order valence-electron chi connectivity index (χ0n) is 24.8. The summed E-state index contributed by atoms with van der Waals surface area (Å²) < 4.78 is 12.6. The van der Waals surface area contributed by atoms with Crippen molar-refractivity contribution in [2.75, 3.05) is 0 Å². The van der Waals surface area contributed by atoms with Crippen molar-refractivity contribution in [3.8, 4) is 0 Å². The van der Waals surface area contributed by atoms with E-state index in [1.165, 1.54) is 12.2 Å². The Balaban J connectivity index is 1.64. The van der Waals surface area contributed by atoms with Gasteiger partial charge in [0.05, 0.1) is 11.2 Å². The lowest BCUT2D eigenvalue weighted by Crippen LogP contribution is -2.67. The monoisotopic (exact) mass is 528 g/mol. The molecule has 6 atom stereocenters. The van der Waals surface area contributed by atoms with Crippen molar-refractivity contribution >= 4 is 11.9 Å². The van der Waals surface area contributed by atoms with Gasteiger partial charge in [0.1, 0.15) is 11.2 Å². The van der Waals surface area contributed by atoms with Gasteiger partial charge in [-0.3, -0.25) is 0 Å². The molecule has 5 aliphatic rings. The summed E-state index contributed by atoms with van der Waals surface area (Å²) in [7, 11) is 0. The Morgan fingerprint density at radius 2 is 0.895 bits per heavy atom. The Bertz CT molecular complexity index is 1040. The fraction of sp³-hybridized carbons (Fsp3) is 0.812. The Morgan fingerprint density at radius 3 is 1.24 bits per heavy atom. The molecule has 0 amide bonds. The van der Waals surface area contributed by atoms with E-state index in [4.69, 9.17) is 9.47 Å². The molecule has 2 N–H and O–H groups in total. The van der Waals surface area contributed by atoms with Crippen molar-refractivity contribution in [1.29, 1.82) is 0 Å². The molecule has 0 spiro atoms. The molecular formula is C32H48O6. The van der Waals surface area contributed by atoms with Crippen LogP contribution in [0.2, 0.25) is 0 Å². The quantitative estimate of drug-likeness (QED) is 0.378. The van der Waals surface area contributed by atoms with Gasteiger partial charge in [-0.25, -0.2) is 9.59 Å². The van der Waals surface area contributed by atoms with Gasteiger partial charge in [-0.2, -0.15) is 0 Å². The van der Waals surface area contributed by atoms with Gasteiger partial charge in [-0.1, -0.05) is 54.4 Å². The second kappa shape index (κ2) is 7.96. The predicted octanol–water partition coefficient (Wildman–Crippen LogP) is 5.94. The summed E-state index contributed by atoms with van der Waals surface area (Å²) in [6.45, 7) is 16.2. The topological polar surface area (TPSA) is 93.1 Å². The molecule has 1 heterocycles. The largest absolute Gasteiger partial charge is 0.452 e. The first-order valence-corrected chi connectivity index (χ1v) is 14.7. The lowest BCUT2D eigenvalue weighted by Gasteiger charge is -2.64. The van der Waals surface area contributed by atoms with Crippen LogP contribution in [-0.2, 0) is 19.1 Å². The highest BCUT2D eigenvalue weighted by molar-refractivity contribution is 5.88. The zero-order chi connectivity index (χ0) is 28.2. The third-order valence-corrected chi connectivity index (χ3v) is 12.5. The van der Waals surface area contributed by atoms with Crippen molar-refractivity contribution in [3.63, 3.8) is 0 Å². The minimum atomic E-state index is -1.05. The van der Waals surface area contributed by atoms with E-state index in [-0.39, 0.29) is 10.8 Å². The molecular weight excluding hydrogens is 480 g/mol. The van der Waals surface area contributed by atoms with E-state index in [9.17, 15) is 19.8 Å². The number of esters is 2. The number of rotatable bonds is 0. The molecule has 0 saturated heterocycles. The maximum Gasteiger partial charge on any atom is 0.331 e. The summed E-state index contributed by atoms with van der Waals surface area (Å²) >= 11 is 0. The second-order valence-corrected chi connectivity index (χ2v) is 15.3. The Kier molecular flexibility index (Phi) is 5.84. The molecule has 4 aliphatic carbocycles. The number of hydrogen-bond donors (Lipinski definition) is 2. The molecule has 212 valence electrons. The summed E-state index contributed by atoms with van der Waals surface area (Å²) in [5.41, 5.74) is -5.02.